The number of alkyl halides is 1. The van der Waals surface area contributed by atoms with Crippen molar-refractivity contribution in [1.82, 2.24) is 0 Å². The van der Waals surface area contributed by atoms with Crippen LogP contribution in [0.15, 0.2) is 18.2 Å². The van der Waals surface area contributed by atoms with Gasteiger partial charge < -0.3 is 0 Å². The first-order valence-electron chi connectivity index (χ1n) is 3.54. The molecule has 0 radical (unpaired) electrons. The van der Waals surface area contributed by atoms with Crippen LogP contribution in [0, 0.1) is 20.2 Å². The molecule has 74 valence electrons. The number of hydrogen-bond acceptors (Lipinski definition) is 4. The number of hydrogen-bond donors (Lipinski definition) is 0. The molecular formula is C7H5FN2O4. The molecule has 0 saturated carbocycles. The number of nitrogens with zero attached hydrogens (tertiary/aromatic N) is 2. The highest BCUT2D eigenvalue weighted by Crippen LogP contribution is 2.24. The molecular weight excluding hydrogens is 195 g/mol. The minimum Gasteiger partial charge on any atom is -0.258 e. The molecule has 0 aromatic heterocycles. The van der Waals surface area contributed by atoms with Gasteiger partial charge >= 0.3 is 0 Å². The molecule has 0 bridgehead atoms. The fourth-order valence-electron chi connectivity index (χ4n) is 0.949. The van der Waals surface area contributed by atoms with Gasteiger partial charge in [-0.15, -0.1) is 0 Å². The second-order valence-corrected chi connectivity index (χ2v) is 2.46. The van der Waals surface area contributed by atoms with Gasteiger partial charge in [0.05, 0.1) is 21.5 Å². The highest BCUT2D eigenvalue weighted by molar-refractivity contribution is 5.48. The Bertz CT molecular complexity index is 393. The van der Waals surface area contributed by atoms with Gasteiger partial charge in [0.2, 0.25) is 0 Å². The maximum atomic E-state index is 12.2. The van der Waals surface area contributed by atoms with Crippen LogP contribution in [-0.2, 0) is 6.67 Å². The Morgan fingerprint density at radius 2 is 1.86 bits per heavy atom. The number of nitro benzene ring substituents is 2. The maximum absolute atomic E-state index is 12.2. The summed E-state index contributed by atoms with van der Waals surface area (Å²) in [5.74, 6) is 0. The van der Waals surface area contributed by atoms with Gasteiger partial charge in [-0.1, -0.05) is 0 Å². The van der Waals surface area contributed by atoms with E-state index in [1.165, 1.54) is 0 Å². The fraction of sp³-hybridized carbons (Fsp3) is 0.143. The van der Waals surface area contributed by atoms with Gasteiger partial charge in [-0.25, -0.2) is 4.39 Å². The summed E-state index contributed by atoms with van der Waals surface area (Å²) in [4.78, 5) is 19.0. The van der Waals surface area contributed by atoms with Crippen molar-refractivity contribution in [2.45, 2.75) is 6.67 Å². The van der Waals surface area contributed by atoms with E-state index in [9.17, 15) is 24.6 Å². The molecule has 1 aromatic carbocycles. The fourth-order valence-corrected chi connectivity index (χ4v) is 0.949. The van der Waals surface area contributed by atoms with E-state index in [-0.39, 0.29) is 5.56 Å². The zero-order valence-electron chi connectivity index (χ0n) is 6.84. The van der Waals surface area contributed by atoms with Crippen LogP contribution < -0.4 is 0 Å². The zero-order chi connectivity index (χ0) is 10.7. The average molecular weight is 200 g/mol. The highest BCUT2D eigenvalue weighted by atomic mass is 19.1. The minimum atomic E-state index is -1.02. The van der Waals surface area contributed by atoms with E-state index in [4.69, 9.17) is 0 Å². The summed E-state index contributed by atoms with van der Waals surface area (Å²) in [6.45, 7) is -1.02. The van der Waals surface area contributed by atoms with Gasteiger partial charge in [-0.3, -0.25) is 20.2 Å². The predicted molar refractivity (Wildman–Crippen MR) is 44.6 cm³/mol. The van der Waals surface area contributed by atoms with Crippen LogP contribution in [-0.4, -0.2) is 9.85 Å². The van der Waals surface area contributed by atoms with Crippen molar-refractivity contribution in [2.24, 2.45) is 0 Å². The summed E-state index contributed by atoms with van der Waals surface area (Å²) in [7, 11) is 0. The van der Waals surface area contributed by atoms with Crippen LogP contribution in [0.5, 0.6) is 0 Å². The third-order valence-corrected chi connectivity index (χ3v) is 1.62. The van der Waals surface area contributed by atoms with Crippen LogP contribution in [0.2, 0.25) is 0 Å². The van der Waals surface area contributed by atoms with Crippen molar-refractivity contribution in [1.29, 1.82) is 0 Å². The molecule has 7 heteroatoms. The summed E-state index contributed by atoms with van der Waals surface area (Å²) >= 11 is 0. The molecule has 0 aliphatic carbocycles. The monoisotopic (exact) mass is 200 g/mol. The van der Waals surface area contributed by atoms with Gasteiger partial charge in [0, 0.05) is 6.07 Å². The Labute approximate surface area is 77.3 Å². The summed E-state index contributed by atoms with van der Waals surface area (Å²) in [5, 5.41) is 20.6. The van der Waals surface area contributed by atoms with E-state index in [1.807, 2.05) is 0 Å². The molecule has 0 unspecified atom stereocenters. The largest absolute Gasteiger partial charge is 0.282 e. The minimum absolute atomic E-state index is 0.166. The molecule has 1 aromatic rings. The molecule has 0 heterocycles. The molecule has 0 saturated heterocycles. The van der Waals surface area contributed by atoms with Crippen LogP contribution in [0.3, 0.4) is 0 Å². The number of non-ortho nitro benzene ring substituents is 1. The lowest BCUT2D eigenvalue weighted by atomic mass is 10.2. The first-order valence-corrected chi connectivity index (χ1v) is 3.54. The Kier molecular flexibility index (Phi) is 2.70. The summed E-state index contributed by atoms with van der Waals surface area (Å²) in [5.41, 5.74) is -1.16. The summed E-state index contributed by atoms with van der Waals surface area (Å²) < 4.78 is 12.2. The first-order chi connectivity index (χ1) is 6.56. The number of rotatable bonds is 3. The molecule has 0 N–H and O–H groups in total. The van der Waals surface area contributed by atoms with Crippen molar-refractivity contribution >= 4 is 11.4 Å². The molecule has 0 aliphatic heterocycles. The molecule has 0 fully saturated rings. The maximum Gasteiger partial charge on any atom is 0.282 e. The standard InChI is InChI=1S/C7H5FN2O4/c8-4-5-1-2-6(9(11)12)3-7(5)10(13)14/h1-3H,4H2. The van der Waals surface area contributed by atoms with Crippen molar-refractivity contribution in [3.8, 4) is 0 Å². The van der Waals surface area contributed by atoms with Crippen LogP contribution in [0.1, 0.15) is 5.56 Å². The summed E-state index contributed by atoms with van der Waals surface area (Å²) in [6, 6.07) is 2.81. The predicted octanol–water partition coefficient (Wildman–Crippen LogP) is 1.97. The van der Waals surface area contributed by atoms with Crippen molar-refractivity contribution in [3.63, 3.8) is 0 Å². The molecule has 0 aliphatic rings. The Balaban J connectivity index is 3.27. The van der Waals surface area contributed by atoms with Crippen LogP contribution in [0.25, 0.3) is 0 Å². The molecule has 6 nitrogen and oxygen atoms in total. The van der Waals surface area contributed by atoms with Gasteiger partial charge in [0.1, 0.15) is 6.67 Å². The van der Waals surface area contributed by atoms with Gasteiger partial charge in [-0.2, -0.15) is 0 Å². The molecule has 0 amide bonds. The van der Waals surface area contributed by atoms with E-state index in [0.717, 1.165) is 18.2 Å². The smallest absolute Gasteiger partial charge is 0.258 e. The lowest BCUT2D eigenvalue weighted by Gasteiger charge is -1.97. The van der Waals surface area contributed by atoms with E-state index >= 15 is 0 Å². The Hall–Kier alpha value is -2.05. The van der Waals surface area contributed by atoms with Gasteiger partial charge in [0.25, 0.3) is 11.4 Å². The second-order valence-electron chi connectivity index (χ2n) is 2.46. The van der Waals surface area contributed by atoms with Gasteiger partial charge in [-0.05, 0) is 6.07 Å². The van der Waals surface area contributed by atoms with E-state index in [1.54, 1.807) is 0 Å². The Morgan fingerprint density at radius 1 is 1.21 bits per heavy atom. The van der Waals surface area contributed by atoms with E-state index in [2.05, 4.69) is 0 Å². The first kappa shape index (κ1) is 10.0. The van der Waals surface area contributed by atoms with E-state index < -0.39 is 27.9 Å². The normalized spacial score (nSPS) is 9.79. The number of halogens is 1. The molecule has 14 heavy (non-hydrogen) atoms. The van der Waals surface area contributed by atoms with E-state index in [0.29, 0.717) is 0 Å². The van der Waals surface area contributed by atoms with Crippen molar-refractivity contribution < 1.29 is 14.2 Å². The SMILES string of the molecule is O=[N+]([O-])c1ccc(CF)c([N+](=O)[O-])c1. The quantitative estimate of drug-likeness (QED) is 0.551. The van der Waals surface area contributed by atoms with Gasteiger partial charge in [0.15, 0.2) is 0 Å². The highest BCUT2D eigenvalue weighted by Gasteiger charge is 2.18. The Morgan fingerprint density at radius 3 is 2.29 bits per heavy atom. The molecule has 0 atom stereocenters. The van der Waals surface area contributed by atoms with Crippen molar-refractivity contribution in [3.05, 3.63) is 44.0 Å². The second kappa shape index (κ2) is 3.77. The van der Waals surface area contributed by atoms with Crippen molar-refractivity contribution in [2.75, 3.05) is 0 Å². The average Bonchev–Trinajstić information content (AvgIpc) is 2.16. The third-order valence-electron chi connectivity index (χ3n) is 1.62. The lowest BCUT2D eigenvalue weighted by molar-refractivity contribution is -0.394. The molecule has 0 spiro atoms. The zero-order valence-corrected chi connectivity index (χ0v) is 6.84. The topological polar surface area (TPSA) is 86.3 Å². The molecule has 1 rings (SSSR count). The summed E-state index contributed by atoms with van der Waals surface area (Å²) in [6.07, 6.45) is 0. The number of benzene rings is 1. The third kappa shape index (κ3) is 1.82. The van der Waals surface area contributed by atoms with Crippen LogP contribution >= 0.6 is 0 Å². The van der Waals surface area contributed by atoms with Crippen LogP contribution in [0.4, 0.5) is 15.8 Å². The number of nitro groups is 2. The lowest BCUT2D eigenvalue weighted by Crippen LogP contribution is -1.96.